The maximum atomic E-state index is 12.6. The highest BCUT2D eigenvalue weighted by Gasteiger charge is 2.57. The molecule has 0 aliphatic heterocycles. The minimum Gasteiger partial charge on any atom is -0.427 e. The van der Waals surface area contributed by atoms with Gasteiger partial charge in [0.05, 0.1) is 5.56 Å². The molecule has 0 radical (unpaired) electrons. The summed E-state index contributed by atoms with van der Waals surface area (Å²) in [6.45, 7) is 14.1. The SMILES string of the molecule is CCc1cccc(C(=O)OC2=CC(=O)C(C)(C)C(C)(C)C2(C)C)c1. The summed E-state index contributed by atoms with van der Waals surface area (Å²) < 4.78 is 5.69. The zero-order valence-electron chi connectivity index (χ0n) is 15.8. The van der Waals surface area contributed by atoms with Crippen LogP contribution in [0.25, 0.3) is 0 Å². The van der Waals surface area contributed by atoms with Gasteiger partial charge in [0.15, 0.2) is 5.78 Å². The molecule has 0 saturated heterocycles. The van der Waals surface area contributed by atoms with E-state index in [-0.39, 0.29) is 11.2 Å². The highest BCUT2D eigenvalue weighted by atomic mass is 16.5. The second-order valence-corrected chi connectivity index (χ2v) is 8.19. The van der Waals surface area contributed by atoms with E-state index in [0.29, 0.717) is 11.3 Å². The van der Waals surface area contributed by atoms with Crippen molar-refractivity contribution < 1.29 is 14.3 Å². The molecular weight excluding hydrogens is 300 g/mol. The second-order valence-electron chi connectivity index (χ2n) is 8.19. The molecule has 0 heterocycles. The van der Waals surface area contributed by atoms with Crippen LogP contribution >= 0.6 is 0 Å². The lowest BCUT2D eigenvalue weighted by molar-refractivity contribution is -0.137. The smallest absolute Gasteiger partial charge is 0.343 e. The third-order valence-corrected chi connectivity index (χ3v) is 6.39. The summed E-state index contributed by atoms with van der Waals surface area (Å²) in [4.78, 5) is 25.2. The number of benzene rings is 1. The number of carbonyl (C=O) groups excluding carboxylic acids is 2. The molecule has 0 bridgehead atoms. The van der Waals surface area contributed by atoms with Gasteiger partial charge in [0.1, 0.15) is 5.76 Å². The molecule has 24 heavy (non-hydrogen) atoms. The van der Waals surface area contributed by atoms with Gasteiger partial charge < -0.3 is 4.74 Å². The van der Waals surface area contributed by atoms with Crippen molar-refractivity contribution in [2.45, 2.75) is 54.9 Å². The van der Waals surface area contributed by atoms with Crippen LogP contribution in [0.1, 0.15) is 64.4 Å². The van der Waals surface area contributed by atoms with Gasteiger partial charge in [-0.25, -0.2) is 4.79 Å². The standard InChI is InChI=1S/C21H28O3/c1-8-14-10-9-11-15(12-14)18(23)24-17-13-16(22)19(2,3)21(6,7)20(17,4)5/h9-13H,8H2,1-7H3. The van der Waals surface area contributed by atoms with E-state index in [9.17, 15) is 9.59 Å². The van der Waals surface area contributed by atoms with E-state index in [4.69, 9.17) is 4.74 Å². The molecule has 1 aliphatic rings. The highest BCUT2D eigenvalue weighted by molar-refractivity contribution is 5.98. The van der Waals surface area contributed by atoms with E-state index in [1.54, 1.807) is 6.07 Å². The Labute approximate surface area is 145 Å². The number of ether oxygens (including phenoxy) is 1. The first-order valence-electron chi connectivity index (χ1n) is 8.53. The fourth-order valence-electron chi connectivity index (χ4n) is 3.11. The third kappa shape index (κ3) is 2.70. The molecule has 0 N–H and O–H groups in total. The van der Waals surface area contributed by atoms with Crippen LogP contribution in [0.4, 0.5) is 0 Å². The van der Waals surface area contributed by atoms with E-state index < -0.39 is 16.8 Å². The Morgan fingerprint density at radius 3 is 2.25 bits per heavy atom. The molecule has 0 unspecified atom stereocenters. The van der Waals surface area contributed by atoms with Crippen molar-refractivity contribution in [3.63, 3.8) is 0 Å². The predicted molar refractivity (Wildman–Crippen MR) is 95.7 cm³/mol. The Morgan fingerprint density at radius 2 is 1.67 bits per heavy atom. The lowest BCUT2D eigenvalue weighted by atomic mass is 9.50. The number of esters is 1. The molecule has 130 valence electrons. The summed E-state index contributed by atoms with van der Waals surface area (Å²) >= 11 is 0. The van der Waals surface area contributed by atoms with Crippen molar-refractivity contribution in [3.05, 3.63) is 47.2 Å². The first kappa shape index (κ1) is 18.4. The lowest BCUT2D eigenvalue weighted by Gasteiger charge is -2.53. The van der Waals surface area contributed by atoms with Crippen molar-refractivity contribution >= 4 is 11.8 Å². The Balaban J connectivity index is 2.38. The zero-order valence-corrected chi connectivity index (χ0v) is 15.8. The Bertz CT molecular complexity index is 706. The van der Waals surface area contributed by atoms with E-state index in [2.05, 4.69) is 13.8 Å². The van der Waals surface area contributed by atoms with E-state index >= 15 is 0 Å². The van der Waals surface area contributed by atoms with Crippen LogP contribution in [0.2, 0.25) is 0 Å². The predicted octanol–water partition coefficient (Wildman–Crippen LogP) is 4.95. The maximum absolute atomic E-state index is 12.6. The molecule has 0 aromatic heterocycles. The van der Waals surface area contributed by atoms with E-state index in [1.165, 1.54) is 6.08 Å². The van der Waals surface area contributed by atoms with E-state index in [0.717, 1.165) is 12.0 Å². The molecule has 3 heteroatoms. The average Bonchev–Trinajstić information content (AvgIpc) is 2.52. The topological polar surface area (TPSA) is 43.4 Å². The van der Waals surface area contributed by atoms with Gasteiger partial charge in [0.2, 0.25) is 0 Å². The number of allylic oxidation sites excluding steroid dienone is 2. The van der Waals surface area contributed by atoms with Gasteiger partial charge in [0.25, 0.3) is 0 Å². The minimum absolute atomic E-state index is 0.00284. The van der Waals surface area contributed by atoms with Crippen LogP contribution < -0.4 is 0 Å². The van der Waals surface area contributed by atoms with Crippen molar-refractivity contribution in [2.75, 3.05) is 0 Å². The molecule has 0 saturated carbocycles. The number of aryl methyl sites for hydroxylation is 1. The average molecular weight is 328 g/mol. The minimum atomic E-state index is -0.519. The molecule has 0 spiro atoms. The highest BCUT2D eigenvalue weighted by Crippen LogP contribution is 2.58. The van der Waals surface area contributed by atoms with Crippen LogP contribution in [0, 0.1) is 16.2 Å². The van der Waals surface area contributed by atoms with Crippen LogP contribution in [-0.2, 0) is 16.0 Å². The maximum Gasteiger partial charge on any atom is 0.343 e. The number of carbonyl (C=O) groups is 2. The molecule has 1 aromatic carbocycles. The van der Waals surface area contributed by atoms with E-state index in [1.807, 2.05) is 52.8 Å². The summed E-state index contributed by atoms with van der Waals surface area (Å²) in [6, 6.07) is 7.42. The Morgan fingerprint density at radius 1 is 1.04 bits per heavy atom. The fraction of sp³-hybridized carbons (Fsp3) is 0.524. The molecule has 2 rings (SSSR count). The third-order valence-electron chi connectivity index (χ3n) is 6.39. The van der Waals surface area contributed by atoms with Crippen molar-refractivity contribution in [2.24, 2.45) is 16.2 Å². The first-order chi connectivity index (χ1) is 10.9. The summed E-state index contributed by atoms with van der Waals surface area (Å²) in [6.07, 6.45) is 2.36. The van der Waals surface area contributed by atoms with Crippen molar-refractivity contribution in [1.82, 2.24) is 0 Å². The van der Waals surface area contributed by atoms with Gasteiger partial charge in [-0.2, -0.15) is 0 Å². The Hall–Kier alpha value is -1.90. The van der Waals surface area contributed by atoms with Gasteiger partial charge in [-0.1, -0.05) is 60.6 Å². The number of ketones is 1. The fourth-order valence-corrected chi connectivity index (χ4v) is 3.11. The van der Waals surface area contributed by atoms with Gasteiger partial charge in [-0.15, -0.1) is 0 Å². The normalized spacial score (nSPS) is 21.1. The van der Waals surface area contributed by atoms with Crippen LogP contribution in [-0.4, -0.2) is 11.8 Å². The molecule has 1 aromatic rings. The van der Waals surface area contributed by atoms with Gasteiger partial charge in [-0.3, -0.25) is 4.79 Å². The molecule has 0 atom stereocenters. The van der Waals surface area contributed by atoms with Crippen LogP contribution in [0.3, 0.4) is 0 Å². The van der Waals surface area contributed by atoms with Gasteiger partial charge in [-0.05, 0) is 29.5 Å². The number of rotatable bonds is 3. The molecule has 1 aliphatic carbocycles. The Kier molecular flexibility index (Phi) is 4.51. The van der Waals surface area contributed by atoms with Gasteiger partial charge >= 0.3 is 5.97 Å². The van der Waals surface area contributed by atoms with Crippen molar-refractivity contribution in [1.29, 1.82) is 0 Å². The summed E-state index contributed by atoms with van der Waals surface area (Å²) in [7, 11) is 0. The van der Waals surface area contributed by atoms with Crippen LogP contribution in [0.15, 0.2) is 36.1 Å². The molecule has 0 amide bonds. The quantitative estimate of drug-likeness (QED) is 0.737. The second kappa shape index (κ2) is 5.87. The van der Waals surface area contributed by atoms with Gasteiger partial charge in [0, 0.05) is 16.9 Å². The molecule has 3 nitrogen and oxygen atoms in total. The van der Waals surface area contributed by atoms with Crippen LogP contribution in [0.5, 0.6) is 0 Å². The van der Waals surface area contributed by atoms with Crippen molar-refractivity contribution in [3.8, 4) is 0 Å². The first-order valence-corrected chi connectivity index (χ1v) is 8.53. The summed E-state index contributed by atoms with van der Waals surface area (Å²) in [5, 5.41) is 0. The largest absolute Gasteiger partial charge is 0.427 e. The lowest BCUT2D eigenvalue weighted by Crippen LogP contribution is -2.53. The zero-order chi connectivity index (χ0) is 18.3. The number of hydrogen-bond donors (Lipinski definition) is 0. The molecular formula is C21H28O3. The monoisotopic (exact) mass is 328 g/mol. The molecule has 0 fully saturated rings. The summed E-state index contributed by atoms with van der Waals surface area (Å²) in [5.74, 6) is 0.0357. The summed E-state index contributed by atoms with van der Waals surface area (Å²) in [5.41, 5.74) is 0.281. The number of hydrogen-bond acceptors (Lipinski definition) is 3.